The van der Waals surface area contributed by atoms with Gasteiger partial charge in [0.25, 0.3) is 5.91 Å². The van der Waals surface area contributed by atoms with E-state index in [1.165, 1.54) is 11.0 Å². The Kier molecular flexibility index (Phi) is 5.18. The van der Waals surface area contributed by atoms with Gasteiger partial charge in [-0.1, -0.05) is 17.7 Å². The zero-order valence-electron chi connectivity index (χ0n) is 16.5. The number of aromatic nitrogens is 1. The third-order valence-corrected chi connectivity index (χ3v) is 5.62. The Morgan fingerprint density at radius 1 is 1.26 bits per heavy atom. The number of anilines is 2. The summed E-state index contributed by atoms with van der Waals surface area (Å²) < 4.78 is 40.0. The molecule has 1 aromatic heterocycles. The third-order valence-electron chi connectivity index (χ3n) is 5.21. The minimum absolute atomic E-state index is 0.000167. The Bertz CT molecular complexity index is 1130. The van der Waals surface area contributed by atoms with E-state index in [-0.39, 0.29) is 18.1 Å². The van der Waals surface area contributed by atoms with Crippen molar-refractivity contribution in [2.45, 2.75) is 26.3 Å². The third kappa shape index (κ3) is 3.75. The Hall–Kier alpha value is -3.04. The number of aliphatic hydroxyl groups excluding tert-OH is 1. The number of halogens is 4. The largest absolute Gasteiger partial charge is 0.417 e. The van der Waals surface area contributed by atoms with Crippen LogP contribution in [0, 0.1) is 6.92 Å². The van der Waals surface area contributed by atoms with E-state index < -0.39 is 23.9 Å². The van der Waals surface area contributed by atoms with Gasteiger partial charge in [-0.15, -0.1) is 0 Å². The molecule has 0 bridgehead atoms. The van der Waals surface area contributed by atoms with Crippen molar-refractivity contribution < 1.29 is 23.1 Å². The summed E-state index contributed by atoms with van der Waals surface area (Å²) in [6.45, 7) is 3.45. The normalized spacial score (nSPS) is 18.9. The zero-order valence-corrected chi connectivity index (χ0v) is 17.3. The second-order valence-corrected chi connectivity index (χ2v) is 7.65. The Balaban J connectivity index is 1.90. The number of dihydropyridines is 1. The lowest BCUT2D eigenvalue weighted by atomic mass is 10.1. The molecule has 0 fully saturated rings. The van der Waals surface area contributed by atoms with Crippen LogP contribution in [0.25, 0.3) is 0 Å². The molecule has 0 saturated heterocycles. The van der Waals surface area contributed by atoms with E-state index in [4.69, 9.17) is 11.6 Å². The van der Waals surface area contributed by atoms with Gasteiger partial charge in [0, 0.05) is 22.6 Å². The van der Waals surface area contributed by atoms with Crippen LogP contribution in [0.5, 0.6) is 0 Å². The van der Waals surface area contributed by atoms with E-state index in [1.807, 2.05) is 0 Å². The number of amides is 1. The summed E-state index contributed by atoms with van der Waals surface area (Å²) in [6.07, 6.45) is -1.83. The Labute approximate surface area is 181 Å². The van der Waals surface area contributed by atoms with Crippen molar-refractivity contribution in [3.05, 3.63) is 75.7 Å². The number of carbonyl (C=O) groups excluding carboxylic acids is 1. The second kappa shape index (κ2) is 7.58. The molecule has 4 rings (SSSR count). The fourth-order valence-electron chi connectivity index (χ4n) is 3.61. The molecule has 2 aliphatic heterocycles. The number of alkyl halides is 3. The van der Waals surface area contributed by atoms with Gasteiger partial charge in [-0.05, 0) is 49.8 Å². The summed E-state index contributed by atoms with van der Waals surface area (Å²) in [5.74, 6) is -0.507. The quantitative estimate of drug-likeness (QED) is 0.713. The van der Waals surface area contributed by atoms with Gasteiger partial charge in [-0.2, -0.15) is 13.2 Å². The van der Waals surface area contributed by atoms with E-state index in [0.717, 1.165) is 12.3 Å². The number of fused-ring (bicyclic) bond motifs is 1. The summed E-state index contributed by atoms with van der Waals surface area (Å²) in [5.41, 5.74) is 1.06. The monoisotopic (exact) mass is 450 g/mol. The Morgan fingerprint density at radius 3 is 2.68 bits per heavy atom. The smallest absolute Gasteiger partial charge is 0.370 e. The summed E-state index contributed by atoms with van der Waals surface area (Å²) in [5, 5.41) is 13.0. The van der Waals surface area contributed by atoms with Crippen LogP contribution < -0.4 is 10.2 Å². The molecule has 10 heteroatoms. The van der Waals surface area contributed by atoms with Gasteiger partial charge in [0.2, 0.25) is 0 Å². The molecular formula is C21H18ClF3N4O2. The molecule has 162 valence electrons. The van der Waals surface area contributed by atoms with Crippen molar-refractivity contribution >= 4 is 29.0 Å². The van der Waals surface area contributed by atoms with Gasteiger partial charge in [0.15, 0.2) is 0 Å². The summed E-state index contributed by atoms with van der Waals surface area (Å²) in [6, 6.07) is 6.00. The van der Waals surface area contributed by atoms with Crippen LogP contribution in [-0.2, 0) is 6.18 Å². The number of hydrogen-bond donors (Lipinski definition) is 2. The van der Waals surface area contributed by atoms with Crippen molar-refractivity contribution in [3.8, 4) is 0 Å². The maximum atomic E-state index is 13.3. The molecule has 0 radical (unpaired) electrons. The molecule has 1 aromatic carbocycles. The van der Waals surface area contributed by atoms with Crippen molar-refractivity contribution in [1.29, 1.82) is 0 Å². The second-order valence-electron chi connectivity index (χ2n) is 7.24. The lowest BCUT2D eigenvalue weighted by molar-refractivity contribution is -0.137. The van der Waals surface area contributed by atoms with E-state index in [2.05, 4.69) is 10.3 Å². The number of nitrogens with one attached hydrogen (secondary N) is 1. The van der Waals surface area contributed by atoms with E-state index in [1.54, 1.807) is 43.0 Å². The van der Waals surface area contributed by atoms with Gasteiger partial charge in [0.1, 0.15) is 18.7 Å². The minimum Gasteiger partial charge on any atom is -0.370 e. The van der Waals surface area contributed by atoms with Crippen LogP contribution in [0.15, 0.2) is 54.0 Å². The first-order valence-electron chi connectivity index (χ1n) is 9.33. The lowest BCUT2D eigenvalue weighted by Gasteiger charge is -2.39. The van der Waals surface area contributed by atoms with Crippen molar-refractivity contribution in [2.24, 2.45) is 0 Å². The fraction of sp³-hybridized carbons (Fsp3) is 0.238. The minimum atomic E-state index is -4.65. The summed E-state index contributed by atoms with van der Waals surface area (Å²) in [7, 11) is 0. The van der Waals surface area contributed by atoms with Crippen LogP contribution in [0.2, 0.25) is 5.02 Å². The topological polar surface area (TPSA) is 68.7 Å². The molecule has 1 atom stereocenters. The van der Waals surface area contributed by atoms with Gasteiger partial charge in [-0.25, -0.2) is 4.98 Å². The summed E-state index contributed by atoms with van der Waals surface area (Å²) >= 11 is 6.26. The number of allylic oxidation sites excluding steroid dienone is 2. The van der Waals surface area contributed by atoms with Crippen molar-refractivity contribution in [3.63, 3.8) is 0 Å². The molecule has 0 spiro atoms. The lowest BCUT2D eigenvalue weighted by Crippen LogP contribution is -2.46. The van der Waals surface area contributed by atoms with E-state index >= 15 is 0 Å². The molecule has 1 unspecified atom stereocenters. The Morgan fingerprint density at radius 2 is 2.00 bits per heavy atom. The van der Waals surface area contributed by atoms with Crippen LogP contribution in [0.1, 0.15) is 28.4 Å². The van der Waals surface area contributed by atoms with Gasteiger partial charge < -0.3 is 15.3 Å². The van der Waals surface area contributed by atoms with Crippen LogP contribution in [0.3, 0.4) is 0 Å². The SMILES string of the molecule is CC1=C(N2CN(c3cccc(Cl)c3C)c3ncc(C(F)(F)F)cc3C2=O)C=CC(O)N1. The van der Waals surface area contributed by atoms with E-state index in [9.17, 15) is 23.1 Å². The van der Waals surface area contributed by atoms with Crippen LogP contribution in [0.4, 0.5) is 24.7 Å². The average Bonchev–Trinajstić information content (AvgIpc) is 2.70. The highest BCUT2D eigenvalue weighted by molar-refractivity contribution is 6.31. The molecule has 0 saturated carbocycles. The van der Waals surface area contributed by atoms with Crippen LogP contribution in [-0.4, -0.2) is 33.8 Å². The van der Waals surface area contributed by atoms with Crippen LogP contribution >= 0.6 is 11.6 Å². The first-order valence-corrected chi connectivity index (χ1v) is 9.71. The highest BCUT2D eigenvalue weighted by Crippen LogP contribution is 2.39. The average molecular weight is 451 g/mol. The highest BCUT2D eigenvalue weighted by Gasteiger charge is 2.38. The number of pyridine rings is 1. The van der Waals surface area contributed by atoms with Gasteiger partial charge in [-0.3, -0.25) is 9.69 Å². The number of carbonyl (C=O) groups is 1. The standard InChI is InChI=1S/C21H18ClF3N4O2/c1-11-15(22)4-3-5-16(11)28-10-29(17-6-7-18(30)27-12(17)2)20(31)14-8-13(21(23,24)25)9-26-19(14)28/h3-9,18,27,30H,10H2,1-2H3. The van der Waals surface area contributed by atoms with Crippen molar-refractivity contribution in [1.82, 2.24) is 15.2 Å². The molecule has 3 heterocycles. The maximum absolute atomic E-state index is 13.3. The number of benzene rings is 1. The van der Waals surface area contributed by atoms with E-state index in [0.29, 0.717) is 27.7 Å². The predicted molar refractivity (Wildman–Crippen MR) is 110 cm³/mol. The number of rotatable bonds is 2. The van der Waals surface area contributed by atoms with Gasteiger partial charge in [0.05, 0.1) is 16.8 Å². The molecule has 2 N–H and O–H groups in total. The predicted octanol–water partition coefficient (Wildman–Crippen LogP) is 4.32. The molecular weight excluding hydrogens is 433 g/mol. The van der Waals surface area contributed by atoms with Gasteiger partial charge >= 0.3 is 6.18 Å². The first-order chi connectivity index (χ1) is 14.6. The molecule has 31 heavy (non-hydrogen) atoms. The maximum Gasteiger partial charge on any atom is 0.417 e. The molecule has 6 nitrogen and oxygen atoms in total. The number of nitrogens with zero attached hydrogens (tertiary/aromatic N) is 3. The first kappa shape index (κ1) is 21.2. The molecule has 0 aliphatic carbocycles. The fourth-order valence-corrected chi connectivity index (χ4v) is 3.78. The molecule has 2 aliphatic rings. The number of hydrogen-bond acceptors (Lipinski definition) is 5. The van der Waals surface area contributed by atoms with Crippen molar-refractivity contribution in [2.75, 3.05) is 11.6 Å². The zero-order chi connectivity index (χ0) is 22.5. The summed E-state index contributed by atoms with van der Waals surface area (Å²) in [4.78, 5) is 20.3. The molecule has 1 amide bonds. The number of aliphatic hydroxyl groups is 1. The highest BCUT2D eigenvalue weighted by atomic mass is 35.5. The molecule has 2 aromatic rings.